The van der Waals surface area contributed by atoms with Crippen molar-refractivity contribution in [2.24, 2.45) is 0 Å². The van der Waals surface area contributed by atoms with Crippen LogP contribution in [0.25, 0.3) is 0 Å². The molecule has 0 spiro atoms. The van der Waals surface area contributed by atoms with Gasteiger partial charge in [-0.05, 0) is 48.6 Å². The lowest BCUT2D eigenvalue weighted by molar-refractivity contribution is -0.112. The Balaban J connectivity index is 2.21. The number of halogens is 1. The van der Waals surface area contributed by atoms with Crippen molar-refractivity contribution in [3.05, 3.63) is 69.9 Å². The third-order valence-electron chi connectivity index (χ3n) is 4.15. The van der Waals surface area contributed by atoms with Crippen molar-refractivity contribution < 1.29 is 4.79 Å². The second-order valence-electron chi connectivity index (χ2n) is 5.89. The number of carbonyl (C=O) groups excluding carboxylic acids is 1. The summed E-state index contributed by atoms with van der Waals surface area (Å²) in [5.41, 5.74) is 4.71. The summed E-state index contributed by atoms with van der Waals surface area (Å²) in [6, 6.07) is 13.3. The average Bonchev–Trinajstić information content (AvgIpc) is 2.65. The van der Waals surface area contributed by atoms with E-state index in [0.717, 1.165) is 35.2 Å². The van der Waals surface area contributed by atoms with Crippen LogP contribution in [0.2, 0.25) is 5.02 Å². The Kier molecular flexibility index (Phi) is 6.82. The molecular weight excluding hydrogens is 346 g/mol. The van der Waals surface area contributed by atoms with Gasteiger partial charge < -0.3 is 10.6 Å². The molecule has 0 saturated carbocycles. The molecule has 134 valence electrons. The fraction of sp³-hybridized carbons (Fsp3) is 0.238. The summed E-state index contributed by atoms with van der Waals surface area (Å²) in [7, 11) is 0. The van der Waals surface area contributed by atoms with Crippen LogP contribution in [-0.2, 0) is 17.6 Å². The van der Waals surface area contributed by atoms with Crippen LogP contribution in [0, 0.1) is 18.3 Å². The minimum Gasteiger partial charge on any atom is -0.360 e. The number of hydrogen-bond acceptors (Lipinski definition) is 3. The van der Waals surface area contributed by atoms with E-state index in [1.54, 1.807) is 12.1 Å². The van der Waals surface area contributed by atoms with Gasteiger partial charge in [-0.15, -0.1) is 0 Å². The maximum atomic E-state index is 12.4. The molecule has 4 nitrogen and oxygen atoms in total. The summed E-state index contributed by atoms with van der Waals surface area (Å²) in [5, 5.41) is 15.8. The van der Waals surface area contributed by atoms with Crippen LogP contribution in [0.5, 0.6) is 0 Å². The van der Waals surface area contributed by atoms with Crippen molar-refractivity contribution in [1.29, 1.82) is 5.26 Å². The average molecular weight is 368 g/mol. The number of hydrogen-bond donors (Lipinski definition) is 2. The molecule has 1 amide bonds. The molecule has 0 bridgehead atoms. The van der Waals surface area contributed by atoms with Crippen LogP contribution in [0.1, 0.15) is 30.5 Å². The van der Waals surface area contributed by atoms with Gasteiger partial charge in [-0.25, -0.2) is 0 Å². The van der Waals surface area contributed by atoms with E-state index in [-0.39, 0.29) is 5.57 Å². The van der Waals surface area contributed by atoms with Crippen molar-refractivity contribution in [2.45, 2.75) is 33.6 Å². The minimum absolute atomic E-state index is 0.00495. The first-order valence-electron chi connectivity index (χ1n) is 8.55. The predicted octanol–water partition coefficient (Wildman–Crippen LogP) is 5.23. The Morgan fingerprint density at radius 3 is 2.38 bits per heavy atom. The summed E-state index contributed by atoms with van der Waals surface area (Å²) in [5.74, 6) is -0.480. The zero-order chi connectivity index (χ0) is 19.1. The molecular formula is C21H22ClN3O. The summed E-state index contributed by atoms with van der Waals surface area (Å²) >= 11 is 6.08. The van der Waals surface area contributed by atoms with Gasteiger partial charge in [0.2, 0.25) is 0 Å². The number of para-hydroxylation sites is 1. The molecule has 5 heteroatoms. The Morgan fingerprint density at radius 2 is 1.85 bits per heavy atom. The van der Waals surface area contributed by atoms with Crippen molar-refractivity contribution in [2.75, 3.05) is 10.6 Å². The molecule has 0 atom stereocenters. The van der Waals surface area contributed by atoms with Crippen LogP contribution in [0.15, 0.2) is 48.2 Å². The molecule has 0 radical (unpaired) electrons. The monoisotopic (exact) mass is 367 g/mol. The van der Waals surface area contributed by atoms with E-state index >= 15 is 0 Å². The smallest absolute Gasteiger partial charge is 0.267 e. The highest BCUT2D eigenvalue weighted by Crippen LogP contribution is 2.23. The van der Waals surface area contributed by atoms with E-state index in [2.05, 4.69) is 24.5 Å². The van der Waals surface area contributed by atoms with Crippen LogP contribution in [0.4, 0.5) is 11.4 Å². The molecule has 0 aromatic heterocycles. The first-order chi connectivity index (χ1) is 12.5. The molecule has 0 unspecified atom stereocenters. The van der Waals surface area contributed by atoms with Gasteiger partial charge >= 0.3 is 0 Å². The second-order valence-corrected chi connectivity index (χ2v) is 6.30. The molecule has 0 saturated heterocycles. The number of nitrogens with zero attached hydrogens (tertiary/aromatic N) is 1. The fourth-order valence-electron chi connectivity index (χ4n) is 2.59. The summed E-state index contributed by atoms with van der Waals surface area (Å²) < 4.78 is 0. The summed E-state index contributed by atoms with van der Waals surface area (Å²) in [6.07, 6.45) is 3.18. The number of rotatable bonds is 6. The van der Waals surface area contributed by atoms with E-state index in [4.69, 9.17) is 11.6 Å². The quantitative estimate of drug-likeness (QED) is 0.542. The van der Waals surface area contributed by atoms with Crippen LogP contribution in [-0.4, -0.2) is 5.91 Å². The number of anilines is 2. The van der Waals surface area contributed by atoms with E-state index in [9.17, 15) is 10.1 Å². The predicted molar refractivity (Wildman–Crippen MR) is 107 cm³/mol. The van der Waals surface area contributed by atoms with Gasteiger partial charge in [0.25, 0.3) is 5.91 Å². The molecule has 26 heavy (non-hydrogen) atoms. The molecule has 0 heterocycles. The normalized spacial score (nSPS) is 11.0. The lowest BCUT2D eigenvalue weighted by Gasteiger charge is -2.13. The van der Waals surface area contributed by atoms with Gasteiger partial charge in [-0.2, -0.15) is 5.26 Å². The Bertz CT molecular complexity index is 859. The largest absolute Gasteiger partial charge is 0.360 e. The van der Waals surface area contributed by atoms with Crippen molar-refractivity contribution in [3.8, 4) is 6.07 Å². The highest BCUT2D eigenvalue weighted by atomic mass is 35.5. The first kappa shape index (κ1) is 19.6. The molecule has 2 N–H and O–H groups in total. The Labute approximate surface area is 159 Å². The van der Waals surface area contributed by atoms with Crippen LogP contribution >= 0.6 is 11.6 Å². The standard InChI is InChI=1S/C21H22ClN3O/c1-4-15-7-6-8-16(5-2)20(15)24-13-17(12-23)21(26)25-18-10-9-14(3)19(22)11-18/h6-11,13,24H,4-5H2,1-3H3,(H,25,26)/b17-13-. The molecule has 0 aliphatic carbocycles. The molecule has 2 aromatic rings. The number of benzene rings is 2. The van der Waals surface area contributed by atoms with Gasteiger partial charge in [-0.1, -0.05) is 49.7 Å². The van der Waals surface area contributed by atoms with Gasteiger partial charge in [0.15, 0.2) is 0 Å². The third-order valence-corrected chi connectivity index (χ3v) is 4.56. The molecule has 0 aliphatic rings. The minimum atomic E-state index is -0.480. The van der Waals surface area contributed by atoms with Gasteiger partial charge in [0, 0.05) is 22.6 Å². The Morgan fingerprint density at radius 1 is 1.19 bits per heavy atom. The molecule has 2 rings (SSSR count). The zero-order valence-electron chi connectivity index (χ0n) is 15.2. The number of carbonyl (C=O) groups is 1. The lowest BCUT2D eigenvalue weighted by Crippen LogP contribution is -2.15. The maximum Gasteiger partial charge on any atom is 0.267 e. The van der Waals surface area contributed by atoms with Crippen molar-refractivity contribution in [1.82, 2.24) is 0 Å². The number of amides is 1. The highest BCUT2D eigenvalue weighted by molar-refractivity contribution is 6.31. The summed E-state index contributed by atoms with van der Waals surface area (Å²) in [6.45, 7) is 6.03. The zero-order valence-corrected chi connectivity index (χ0v) is 15.9. The topological polar surface area (TPSA) is 64.9 Å². The number of nitriles is 1. The van der Waals surface area contributed by atoms with Crippen LogP contribution < -0.4 is 10.6 Å². The second kappa shape index (κ2) is 9.07. The molecule has 2 aromatic carbocycles. The Hall–Kier alpha value is -2.77. The van der Waals surface area contributed by atoms with Gasteiger partial charge in [-0.3, -0.25) is 4.79 Å². The van der Waals surface area contributed by atoms with Gasteiger partial charge in [0.05, 0.1) is 0 Å². The van der Waals surface area contributed by atoms with E-state index in [1.807, 2.05) is 37.3 Å². The molecule has 0 aliphatic heterocycles. The van der Waals surface area contributed by atoms with Crippen molar-refractivity contribution in [3.63, 3.8) is 0 Å². The molecule has 0 fully saturated rings. The van der Waals surface area contributed by atoms with Gasteiger partial charge in [0.1, 0.15) is 11.6 Å². The summed E-state index contributed by atoms with van der Waals surface area (Å²) in [4.78, 5) is 12.4. The van der Waals surface area contributed by atoms with Crippen LogP contribution in [0.3, 0.4) is 0 Å². The van der Waals surface area contributed by atoms with E-state index in [1.165, 1.54) is 6.20 Å². The first-order valence-corrected chi connectivity index (χ1v) is 8.93. The maximum absolute atomic E-state index is 12.4. The highest BCUT2D eigenvalue weighted by Gasteiger charge is 2.11. The van der Waals surface area contributed by atoms with Crippen molar-refractivity contribution >= 4 is 28.9 Å². The number of nitrogens with one attached hydrogen (secondary N) is 2. The SMILES string of the molecule is CCc1cccc(CC)c1N/C=C(/C#N)C(=O)Nc1ccc(C)c(Cl)c1. The lowest BCUT2D eigenvalue weighted by atomic mass is 10.0. The van der Waals surface area contributed by atoms with E-state index in [0.29, 0.717) is 10.7 Å². The van der Waals surface area contributed by atoms with E-state index < -0.39 is 5.91 Å². The number of aryl methyl sites for hydroxylation is 3. The third kappa shape index (κ3) is 4.65. The fourth-order valence-corrected chi connectivity index (χ4v) is 2.77.